The summed E-state index contributed by atoms with van der Waals surface area (Å²) in [6.45, 7) is 8.29. The van der Waals surface area contributed by atoms with E-state index in [2.05, 4.69) is 15.3 Å². The van der Waals surface area contributed by atoms with Crippen LogP contribution in [0.15, 0.2) is 23.5 Å². The van der Waals surface area contributed by atoms with Crippen LogP contribution >= 0.6 is 0 Å². The molecule has 3 aromatic rings. The van der Waals surface area contributed by atoms with Crippen molar-refractivity contribution in [3.8, 4) is 0 Å². The number of carbonyl (C=O) groups excluding carboxylic acids is 2. The van der Waals surface area contributed by atoms with Gasteiger partial charge in [-0.1, -0.05) is 0 Å². The highest BCUT2D eigenvalue weighted by molar-refractivity contribution is 7.90. The van der Waals surface area contributed by atoms with E-state index in [0.29, 0.717) is 11.6 Å². The van der Waals surface area contributed by atoms with Gasteiger partial charge in [0, 0.05) is 31.1 Å². The number of halogens is 4. The number of aromatic nitrogens is 3. The van der Waals surface area contributed by atoms with Crippen LogP contribution in [0.3, 0.4) is 0 Å². The van der Waals surface area contributed by atoms with Crippen molar-refractivity contribution in [3.63, 3.8) is 0 Å². The number of anilines is 1. The minimum absolute atomic E-state index is 0.120. The molecule has 1 N–H and O–H groups in total. The average Bonchev–Trinajstić information content (AvgIpc) is 3.27. The predicted molar refractivity (Wildman–Crippen MR) is 144 cm³/mol. The normalized spacial score (nSPS) is 12.4. The molecule has 2 heterocycles. The molecule has 0 aliphatic carbocycles. The Kier molecular flexibility index (Phi) is 9.10. The molecule has 0 bridgehead atoms. The van der Waals surface area contributed by atoms with E-state index in [1.807, 2.05) is 0 Å². The Morgan fingerprint density at radius 2 is 1.55 bits per heavy atom. The van der Waals surface area contributed by atoms with E-state index in [0.717, 1.165) is 4.90 Å². The number of benzene rings is 1. The zero-order valence-electron chi connectivity index (χ0n) is 24.0. The monoisotopic (exact) mass is 617 g/mol. The zero-order chi connectivity index (χ0) is 31.8. The van der Waals surface area contributed by atoms with Gasteiger partial charge in [0.25, 0.3) is 0 Å². The second-order valence-electron chi connectivity index (χ2n) is 11.3. The fraction of sp³-hybridized carbons (Fsp3) is 0.462. The summed E-state index contributed by atoms with van der Waals surface area (Å²) in [5.74, 6) is -8.36. The van der Waals surface area contributed by atoms with Crippen molar-refractivity contribution in [1.29, 1.82) is 0 Å². The summed E-state index contributed by atoms with van der Waals surface area (Å²) in [5, 5.41) is 3.33. The summed E-state index contributed by atoms with van der Waals surface area (Å²) < 4.78 is 93.7. The van der Waals surface area contributed by atoms with Gasteiger partial charge >= 0.3 is 12.2 Å². The molecule has 0 spiro atoms. The van der Waals surface area contributed by atoms with Gasteiger partial charge in [-0.3, -0.25) is 0 Å². The number of hydrogen-bond acceptors (Lipinski definition) is 9. The summed E-state index contributed by atoms with van der Waals surface area (Å²) in [4.78, 5) is 33.2. The van der Waals surface area contributed by atoms with Crippen molar-refractivity contribution < 1.29 is 45.0 Å². The molecule has 0 aliphatic rings. The fourth-order valence-electron chi connectivity index (χ4n) is 3.80. The van der Waals surface area contributed by atoms with Gasteiger partial charge in [0.05, 0.1) is 11.9 Å². The Morgan fingerprint density at radius 1 is 0.952 bits per heavy atom. The van der Waals surface area contributed by atoms with E-state index in [1.165, 1.54) is 37.9 Å². The maximum atomic E-state index is 14.8. The van der Waals surface area contributed by atoms with E-state index in [4.69, 9.17) is 9.47 Å². The molecule has 1 amide bonds. The van der Waals surface area contributed by atoms with Crippen molar-refractivity contribution in [2.75, 3.05) is 24.7 Å². The van der Waals surface area contributed by atoms with Crippen LogP contribution in [0.4, 0.5) is 33.0 Å². The van der Waals surface area contributed by atoms with Gasteiger partial charge in [-0.25, -0.2) is 50.1 Å². The molecule has 42 heavy (non-hydrogen) atoms. The molecule has 3 rings (SSSR count). The van der Waals surface area contributed by atoms with Gasteiger partial charge in [0.15, 0.2) is 38.8 Å². The average molecular weight is 618 g/mol. The van der Waals surface area contributed by atoms with Crippen LogP contribution in [0.1, 0.15) is 47.1 Å². The van der Waals surface area contributed by atoms with Crippen molar-refractivity contribution in [3.05, 3.63) is 47.4 Å². The van der Waals surface area contributed by atoms with Gasteiger partial charge in [0.2, 0.25) is 0 Å². The number of carbonyl (C=O) groups is 2. The topological polar surface area (TPSA) is 133 Å². The minimum atomic E-state index is -4.61. The highest BCUT2D eigenvalue weighted by Crippen LogP contribution is 2.30. The summed E-state index contributed by atoms with van der Waals surface area (Å²) in [6, 6.07) is 1.55. The zero-order valence-corrected chi connectivity index (χ0v) is 24.8. The fourth-order valence-corrected chi connectivity index (χ4v) is 4.81. The highest BCUT2D eigenvalue weighted by Gasteiger charge is 2.33. The minimum Gasteiger partial charge on any atom is -0.444 e. The largest absolute Gasteiger partial charge is 0.444 e. The van der Waals surface area contributed by atoms with Crippen LogP contribution in [0.5, 0.6) is 0 Å². The highest BCUT2D eigenvalue weighted by atomic mass is 32.2. The first-order valence-electron chi connectivity index (χ1n) is 12.5. The molecule has 11 nitrogen and oxygen atoms in total. The molecule has 0 saturated heterocycles. The first-order valence-corrected chi connectivity index (χ1v) is 14.4. The number of fused-ring (bicyclic) bond motifs is 1. The Balaban J connectivity index is 1.93. The number of ether oxygens (including phenoxy) is 2. The Morgan fingerprint density at radius 3 is 2.12 bits per heavy atom. The molecule has 230 valence electrons. The third-order valence-electron chi connectivity index (χ3n) is 5.43. The quantitative estimate of drug-likeness (QED) is 0.168. The first-order chi connectivity index (χ1) is 19.2. The van der Waals surface area contributed by atoms with Gasteiger partial charge in [-0.2, -0.15) is 0 Å². The lowest BCUT2D eigenvalue weighted by Gasteiger charge is -2.28. The standard InChI is InChI=1S/C26H31F4N5O6S/c1-25(2,3)40-23(36)34(12-15-16(27)17(28)18(29)19(30)20(15)42(7,38)39)11-9-31-21-14-8-10-35(22(14)33-13-32-21)24(37)41-26(4,5)6/h8,10,13H,9,11-12H2,1-7H3,(H,31,32,33). The molecule has 0 saturated carbocycles. The maximum absolute atomic E-state index is 14.8. The Labute approximate surface area is 239 Å². The van der Waals surface area contributed by atoms with E-state index in [9.17, 15) is 35.6 Å². The second kappa shape index (κ2) is 11.7. The van der Waals surface area contributed by atoms with Crippen LogP contribution in [-0.2, 0) is 25.9 Å². The van der Waals surface area contributed by atoms with Crippen molar-refractivity contribution in [2.45, 2.75) is 64.2 Å². The van der Waals surface area contributed by atoms with Crippen molar-refractivity contribution >= 4 is 38.9 Å². The smallest absolute Gasteiger partial charge is 0.420 e. The number of nitrogens with zero attached hydrogens (tertiary/aromatic N) is 4. The molecule has 0 unspecified atom stereocenters. The second-order valence-corrected chi connectivity index (χ2v) is 13.2. The number of rotatable bonds is 7. The van der Waals surface area contributed by atoms with Gasteiger partial charge in [-0.05, 0) is 47.6 Å². The van der Waals surface area contributed by atoms with E-state index < -0.39 is 73.5 Å². The van der Waals surface area contributed by atoms with E-state index in [-0.39, 0.29) is 24.6 Å². The number of hydrogen-bond donors (Lipinski definition) is 1. The summed E-state index contributed by atoms with van der Waals surface area (Å²) >= 11 is 0. The Bertz CT molecular complexity index is 1630. The van der Waals surface area contributed by atoms with Crippen LogP contribution < -0.4 is 5.32 Å². The van der Waals surface area contributed by atoms with Gasteiger partial charge in [-0.15, -0.1) is 0 Å². The predicted octanol–water partition coefficient (Wildman–Crippen LogP) is 5.02. The lowest BCUT2D eigenvalue weighted by molar-refractivity contribution is 0.0237. The molecule has 0 aliphatic heterocycles. The number of nitrogens with one attached hydrogen (secondary N) is 1. The molecule has 16 heteroatoms. The molecule has 0 fully saturated rings. The molecule has 1 aromatic carbocycles. The molecular weight excluding hydrogens is 586 g/mol. The third kappa shape index (κ3) is 7.46. The lowest BCUT2D eigenvalue weighted by Crippen LogP contribution is -2.39. The van der Waals surface area contributed by atoms with Crippen LogP contribution in [0.25, 0.3) is 11.0 Å². The molecule has 0 radical (unpaired) electrons. The summed E-state index contributed by atoms with van der Waals surface area (Å²) in [6.07, 6.45) is 1.35. The van der Waals surface area contributed by atoms with Crippen LogP contribution in [-0.4, -0.2) is 70.6 Å². The van der Waals surface area contributed by atoms with E-state index in [1.54, 1.807) is 26.8 Å². The van der Waals surface area contributed by atoms with Gasteiger partial charge < -0.3 is 19.7 Å². The summed E-state index contributed by atoms with van der Waals surface area (Å²) in [7, 11) is -4.61. The molecule has 2 aromatic heterocycles. The third-order valence-corrected chi connectivity index (χ3v) is 6.60. The number of amides is 1. The first kappa shape index (κ1) is 32.6. The number of sulfone groups is 1. The molecule has 0 atom stereocenters. The summed E-state index contributed by atoms with van der Waals surface area (Å²) in [5.41, 5.74) is -2.69. The van der Waals surface area contributed by atoms with Crippen molar-refractivity contribution in [1.82, 2.24) is 19.4 Å². The van der Waals surface area contributed by atoms with Crippen LogP contribution in [0.2, 0.25) is 0 Å². The molecular formula is C26H31F4N5O6S. The lowest BCUT2D eigenvalue weighted by atomic mass is 10.1. The van der Waals surface area contributed by atoms with Crippen LogP contribution in [0, 0.1) is 23.3 Å². The maximum Gasteiger partial charge on any atom is 0.420 e. The van der Waals surface area contributed by atoms with E-state index >= 15 is 0 Å². The SMILES string of the molecule is CC(C)(C)OC(=O)N(CCNc1ncnc2c1ccn2C(=O)OC(C)(C)C)Cc1c(F)c(F)c(F)c(F)c1S(C)(=O)=O. The van der Waals surface area contributed by atoms with Gasteiger partial charge in [0.1, 0.15) is 28.2 Å². The Hall–Kier alpha value is -3.95. The van der Waals surface area contributed by atoms with Crippen molar-refractivity contribution in [2.24, 2.45) is 0 Å².